The summed E-state index contributed by atoms with van der Waals surface area (Å²) in [5.74, 6) is 1.16. The summed E-state index contributed by atoms with van der Waals surface area (Å²) >= 11 is 7.93. The first-order valence-electron chi connectivity index (χ1n) is 15.3. The maximum atomic E-state index is 13.5. The van der Waals surface area contributed by atoms with Crippen LogP contribution in [0.15, 0.2) is 42.7 Å². The van der Waals surface area contributed by atoms with Gasteiger partial charge in [0.1, 0.15) is 17.7 Å². The van der Waals surface area contributed by atoms with Crippen LogP contribution in [-0.2, 0) is 16.6 Å². The zero-order valence-electron chi connectivity index (χ0n) is 27.8. The molecule has 0 spiro atoms. The third kappa shape index (κ3) is 9.42. The molecule has 46 heavy (non-hydrogen) atoms. The van der Waals surface area contributed by atoms with Crippen LogP contribution in [-0.4, -0.2) is 58.9 Å². The van der Waals surface area contributed by atoms with Gasteiger partial charge in [-0.15, -0.1) is 0 Å². The topological polar surface area (TPSA) is 115 Å². The van der Waals surface area contributed by atoms with Crippen molar-refractivity contribution in [2.75, 3.05) is 36.5 Å². The number of ether oxygens (including phenoxy) is 3. The van der Waals surface area contributed by atoms with E-state index >= 15 is 0 Å². The van der Waals surface area contributed by atoms with Gasteiger partial charge in [0.25, 0.3) is 5.91 Å². The van der Waals surface area contributed by atoms with Crippen molar-refractivity contribution in [1.29, 1.82) is 0 Å². The minimum Gasteiger partial charge on any atom is -0.492 e. The molecule has 2 N–H and O–H groups in total. The van der Waals surface area contributed by atoms with E-state index < -0.39 is 5.60 Å². The van der Waals surface area contributed by atoms with Crippen LogP contribution in [0, 0.1) is 5.92 Å². The van der Waals surface area contributed by atoms with Gasteiger partial charge in [-0.2, -0.15) is 0 Å². The van der Waals surface area contributed by atoms with Gasteiger partial charge in [-0.25, -0.2) is 14.8 Å². The van der Waals surface area contributed by atoms with E-state index in [2.05, 4.69) is 40.8 Å². The Morgan fingerprint density at radius 1 is 1.02 bits per heavy atom. The molecule has 0 atom stereocenters. The lowest BCUT2D eigenvalue weighted by Crippen LogP contribution is -2.42. The molecular weight excluding hydrogens is 626 g/mol. The summed E-state index contributed by atoms with van der Waals surface area (Å²) in [7, 11) is 1.57. The average molecular weight is 670 g/mol. The zero-order valence-corrected chi connectivity index (χ0v) is 29.4. The maximum absolute atomic E-state index is 13.5. The number of carbonyl (C=O) groups is 2. The summed E-state index contributed by atoms with van der Waals surface area (Å²) in [6.45, 7) is 13.2. The maximum Gasteiger partial charge on any atom is 0.410 e. The van der Waals surface area contributed by atoms with Crippen molar-refractivity contribution >= 4 is 46.9 Å². The largest absolute Gasteiger partial charge is 0.492 e. The quantitative estimate of drug-likeness (QED) is 0.217. The molecule has 2 aromatic carbocycles. The minimum absolute atomic E-state index is 0.157. The number of methoxy groups -OCH3 is 1. The standard InChI is InChI=1S/C34H44ClN5O5S/c1-33(2,3)23-17-26(30(43-7)27(18-23)39-46-8)38-31(41)22-9-10-25(35)28(16-22)44-29-19-24(36-20-37-29)15-21-11-13-40(14-12-21)32(42)45-34(4,5)6/h9-10,16-21,39H,11-15H2,1-8H3,(H,38,41). The van der Waals surface area contributed by atoms with Crippen molar-refractivity contribution in [3.05, 3.63) is 64.6 Å². The molecule has 12 heteroatoms. The van der Waals surface area contributed by atoms with Crippen LogP contribution >= 0.6 is 23.5 Å². The molecule has 1 fully saturated rings. The average Bonchev–Trinajstić information content (AvgIpc) is 2.97. The van der Waals surface area contributed by atoms with E-state index in [1.807, 2.05) is 39.2 Å². The van der Waals surface area contributed by atoms with Crippen LogP contribution in [0.2, 0.25) is 5.02 Å². The number of nitrogens with zero attached hydrogens (tertiary/aromatic N) is 3. The van der Waals surface area contributed by atoms with E-state index in [0.717, 1.165) is 36.2 Å². The van der Waals surface area contributed by atoms with Gasteiger partial charge in [0.15, 0.2) is 5.75 Å². The highest BCUT2D eigenvalue weighted by atomic mass is 35.5. The summed E-state index contributed by atoms with van der Waals surface area (Å²) in [6.07, 6.45) is 5.53. The Labute approximate surface area is 281 Å². The Balaban J connectivity index is 1.45. The Kier molecular flexibility index (Phi) is 11.3. The van der Waals surface area contributed by atoms with Crippen molar-refractivity contribution in [2.24, 2.45) is 5.92 Å². The molecule has 0 bridgehead atoms. The van der Waals surface area contributed by atoms with Crippen molar-refractivity contribution < 1.29 is 23.8 Å². The second-order valence-electron chi connectivity index (χ2n) is 13.3. The SMILES string of the molecule is COc1c(NSC)cc(C(C)(C)C)cc1NC(=O)c1ccc(Cl)c(Oc2cc(CC3CCN(C(=O)OC(C)(C)C)CC3)ncn2)c1. The van der Waals surface area contributed by atoms with Crippen LogP contribution in [0.4, 0.5) is 16.2 Å². The Hall–Kier alpha value is -3.70. The van der Waals surface area contributed by atoms with Crippen LogP contribution < -0.4 is 19.5 Å². The zero-order chi connectivity index (χ0) is 33.6. The fourth-order valence-electron chi connectivity index (χ4n) is 5.08. The van der Waals surface area contributed by atoms with Gasteiger partial charge in [0.2, 0.25) is 5.88 Å². The summed E-state index contributed by atoms with van der Waals surface area (Å²) in [5, 5.41) is 3.34. The second kappa shape index (κ2) is 14.8. The number of hydrogen-bond donors (Lipinski definition) is 2. The Bertz CT molecular complexity index is 1550. The lowest BCUT2D eigenvalue weighted by molar-refractivity contribution is 0.0184. The highest BCUT2D eigenvalue weighted by Crippen LogP contribution is 2.40. The molecule has 0 aliphatic carbocycles. The molecule has 1 aromatic heterocycles. The first kappa shape index (κ1) is 35.2. The molecule has 0 unspecified atom stereocenters. The number of halogens is 1. The lowest BCUT2D eigenvalue weighted by Gasteiger charge is -2.33. The van der Waals surface area contributed by atoms with E-state index in [1.165, 1.54) is 18.3 Å². The first-order chi connectivity index (χ1) is 21.7. The predicted octanol–water partition coefficient (Wildman–Crippen LogP) is 8.36. The van der Waals surface area contributed by atoms with Gasteiger partial charge in [-0.3, -0.25) is 4.79 Å². The number of carbonyl (C=O) groups excluding carboxylic acids is 2. The molecule has 3 aromatic rings. The second-order valence-corrected chi connectivity index (χ2v) is 14.3. The normalized spacial score (nSPS) is 14.1. The molecule has 4 rings (SSSR count). The monoisotopic (exact) mass is 669 g/mol. The number of anilines is 2. The Morgan fingerprint density at radius 3 is 2.35 bits per heavy atom. The molecule has 1 aliphatic heterocycles. The summed E-state index contributed by atoms with van der Waals surface area (Å²) in [4.78, 5) is 36.4. The number of hydrogen-bond acceptors (Lipinski definition) is 9. The number of rotatable bonds is 9. The van der Waals surface area contributed by atoms with Crippen LogP contribution in [0.3, 0.4) is 0 Å². The molecule has 1 aliphatic rings. The fraction of sp³-hybridized carbons (Fsp3) is 0.471. The molecule has 0 radical (unpaired) electrons. The molecule has 10 nitrogen and oxygen atoms in total. The summed E-state index contributed by atoms with van der Waals surface area (Å²) < 4.78 is 20.5. The van der Waals surface area contributed by atoms with E-state index in [9.17, 15) is 9.59 Å². The third-order valence-corrected chi connectivity index (χ3v) is 8.23. The van der Waals surface area contributed by atoms with Crippen molar-refractivity contribution in [2.45, 2.75) is 71.8 Å². The van der Waals surface area contributed by atoms with Crippen molar-refractivity contribution in [3.63, 3.8) is 0 Å². The molecule has 248 valence electrons. The van der Waals surface area contributed by atoms with Gasteiger partial charge < -0.3 is 29.1 Å². The summed E-state index contributed by atoms with van der Waals surface area (Å²) in [6, 6.07) is 10.6. The highest BCUT2D eigenvalue weighted by molar-refractivity contribution is 7.99. The molecule has 0 saturated carbocycles. The van der Waals surface area contributed by atoms with E-state index in [4.69, 9.17) is 25.8 Å². The van der Waals surface area contributed by atoms with Gasteiger partial charge in [0, 0.05) is 36.7 Å². The third-order valence-electron chi connectivity index (χ3n) is 7.49. The molecule has 2 amide bonds. The van der Waals surface area contributed by atoms with Crippen molar-refractivity contribution in [1.82, 2.24) is 14.9 Å². The predicted molar refractivity (Wildman–Crippen MR) is 185 cm³/mol. The number of piperidine rings is 1. The first-order valence-corrected chi connectivity index (χ1v) is 16.9. The lowest BCUT2D eigenvalue weighted by atomic mass is 9.86. The summed E-state index contributed by atoms with van der Waals surface area (Å²) in [5.41, 5.74) is 2.86. The molecule has 2 heterocycles. The number of aromatic nitrogens is 2. The molecular formula is C34H44ClN5O5S. The van der Waals surface area contributed by atoms with Crippen LogP contribution in [0.25, 0.3) is 0 Å². The van der Waals surface area contributed by atoms with Crippen molar-refractivity contribution in [3.8, 4) is 17.4 Å². The number of amides is 2. The minimum atomic E-state index is -0.515. The van der Waals surface area contributed by atoms with Crippen LogP contribution in [0.5, 0.6) is 17.4 Å². The van der Waals surface area contributed by atoms with Crippen LogP contribution in [0.1, 0.15) is 76.0 Å². The number of benzene rings is 2. The van der Waals surface area contributed by atoms with E-state index in [0.29, 0.717) is 52.7 Å². The van der Waals surface area contributed by atoms with Gasteiger partial charge in [0.05, 0.1) is 23.5 Å². The number of likely N-dealkylation sites (tertiary alicyclic amines) is 1. The van der Waals surface area contributed by atoms with Gasteiger partial charge >= 0.3 is 6.09 Å². The van der Waals surface area contributed by atoms with Gasteiger partial charge in [-0.1, -0.05) is 44.3 Å². The smallest absolute Gasteiger partial charge is 0.410 e. The Morgan fingerprint density at radius 2 is 1.72 bits per heavy atom. The highest BCUT2D eigenvalue weighted by Gasteiger charge is 2.27. The molecule has 1 saturated heterocycles. The number of nitrogens with one attached hydrogen (secondary N) is 2. The van der Waals surface area contributed by atoms with E-state index in [-0.39, 0.29) is 17.4 Å². The van der Waals surface area contributed by atoms with E-state index in [1.54, 1.807) is 36.3 Å². The fourth-order valence-corrected chi connectivity index (χ4v) is 5.60. The van der Waals surface area contributed by atoms with Gasteiger partial charge in [-0.05, 0) is 87.3 Å².